The summed E-state index contributed by atoms with van der Waals surface area (Å²) in [4.78, 5) is 27.6. The van der Waals surface area contributed by atoms with E-state index in [-0.39, 0.29) is 29.0 Å². The number of rotatable bonds is 3. The first-order chi connectivity index (χ1) is 10.5. The van der Waals surface area contributed by atoms with Crippen molar-refractivity contribution < 1.29 is 14.3 Å². The largest absolute Gasteiger partial charge is 0.545 e. The number of H-pyrrole nitrogens is 1. The van der Waals surface area contributed by atoms with Gasteiger partial charge in [-0.25, -0.2) is 13.9 Å². The van der Waals surface area contributed by atoms with Gasteiger partial charge in [0.25, 0.3) is 5.56 Å². The van der Waals surface area contributed by atoms with Crippen LogP contribution in [0, 0.1) is 12.7 Å². The number of aromatic carboxylic acids is 1. The van der Waals surface area contributed by atoms with Gasteiger partial charge in [0.05, 0.1) is 11.5 Å². The van der Waals surface area contributed by atoms with Gasteiger partial charge in [-0.1, -0.05) is 12.1 Å². The standard InChI is InChI=1S/C15H12FN3O3/c1-8-11(6-9-2-4-10(16)5-3-9)14(20)19-13(18-8)12(7-17-19)15(21)22/h2-5,7,17H,6H2,1H3,(H,21,22)/p-1. The van der Waals surface area contributed by atoms with Crippen LogP contribution in [0.25, 0.3) is 5.65 Å². The smallest absolute Gasteiger partial charge is 0.276 e. The molecule has 0 saturated heterocycles. The van der Waals surface area contributed by atoms with E-state index in [1.165, 1.54) is 18.3 Å². The minimum absolute atomic E-state index is 0.0188. The number of carbonyl (C=O) groups excluding carboxylic acids is 1. The van der Waals surface area contributed by atoms with Crippen LogP contribution in [0.5, 0.6) is 0 Å². The van der Waals surface area contributed by atoms with Crippen molar-refractivity contribution in [1.82, 2.24) is 14.6 Å². The van der Waals surface area contributed by atoms with Crippen molar-refractivity contribution >= 4 is 11.6 Å². The first kappa shape index (κ1) is 14.0. The number of hydrogen-bond donors (Lipinski definition) is 1. The number of aryl methyl sites for hydroxylation is 1. The Bertz CT molecular complexity index is 926. The Labute approximate surface area is 123 Å². The number of benzene rings is 1. The highest BCUT2D eigenvalue weighted by atomic mass is 19.1. The second-order valence-corrected chi connectivity index (χ2v) is 4.92. The van der Waals surface area contributed by atoms with Gasteiger partial charge in [-0.3, -0.25) is 9.89 Å². The minimum atomic E-state index is -1.41. The molecule has 0 atom stereocenters. The quantitative estimate of drug-likeness (QED) is 0.759. The first-order valence-corrected chi connectivity index (χ1v) is 6.53. The van der Waals surface area contributed by atoms with Crippen molar-refractivity contribution in [3.8, 4) is 0 Å². The summed E-state index contributed by atoms with van der Waals surface area (Å²) in [7, 11) is 0. The molecule has 0 saturated carbocycles. The molecule has 0 amide bonds. The van der Waals surface area contributed by atoms with E-state index in [1.54, 1.807) is 19.1 Å². The fourth-order valence-corrected chi connectivity index (χ4v) is 2.32. The third-order valence-corrected chi connectivity index (χ3v) is 3.48. The van der Waals surface area contributed by atoms with E-state index in [1.807, 2.05) is 0 Å². The SMILES string of the molecule is Cc1nc2c(C(=O)[O-])c[nH]n2c(=O)c1Cc1ccc(F)cc1. The van der Waals surface area contributed by atoms with Crippen molar-refractivity contribution in [1.29, 1.82) is 0 Å². The molecule has 1 aromatic carbocycles. The zero-order chi connectivity index (χ0) is 15.9. The summed E-state index contributed by atoms with van der Waals surface area (Å²) in [5.41, 5.74) is 1.06. The summed E-state index contributed by atoms with van der Waals surface area (Å²) in [6.07, 6.45) is 1.45. The summed E-state index contributed by atoms with van der Waals surface area (Å²) in [6, 6.07) is 5.81. The number of nitrogens with zero attached hydrogens (tertiary/aromatic N) is 2. The van der Waals surface area contributed by atoms with Gasteiger partial charge in [-0.05, 0) is 24.6 Å². The molecule has 0 spiro atoms. The second kappa shape index (κ2) is 5.10. The van der Waals surface area contributed by atoms with Gasteiger partial charge in [0.1, 0.15) is 5.82 Å². The second-order valence-electron chi connectivity index (χ2n) is 4.92. The number of hydrogen-bond acceptors (Lipinski definition) is 4. The van der Waals surface area contributed by atoms with Crippen molar-refractivity contribution in [3.05, 3.63) is 69.0 Å². The number of aromatic nitrogens is 3. The highest BCUT2D eigenvalue weighted by molar-refractivity contribution is 5.92. The van der Waals surface area contributed by atoms with Crippen molar-refractivity contribution in [2.45, 2.75) is 13.3 Å². The lowest BCUT2D eigenvalue weighted by Gasteiger charge is -2.07. The maximum atomic E-state index is 12.9. The molecule has 2 aromatic heterocycles. The topological polar surface area (TPSA) is 90.3 Å². The molecule has 112 valence electrons. The summed E-state index contributed by atoms with van der Waals surface area (Å²) in [5, 5.41) is 13.5. The lowest BCUT2D eigenvalue weighted by molar-refractivity contribution is -0.254. The molecule has 22 heavy (non-hydrogen) atoms. The van der Waals surface area contributed by atoms with E-state index in [2.05, 4.69) is 10.1 Å². The number of nitrogens with one attached hydrogen (secondary N) is 1. The van der Waals surface area contributed by atoms with Crippen LogP contribution in [0.15, 0.2) is 35.3 Å². The molecule has 0 aliphatic heterocycles. The Kier molecular flexibility index (Phi) is 3.25. The Hall–Kier alpha value is -2.96. The number of halogens is 1. The van der Waals surface area contributed by atoms with E-state index in [4.69, 9.17) is 0 Å². The Morgan fingerprint density at radius 1 is 1.36 bits per heavy atom. The predicted octanol–water partition coefficient (Wildman–Crippen LogP) is 0.424. The van der Waals surface area contributed by atoms with Crippen LogP contribution in [0.3, 0.4) is 0 Å². The number of fused-ring (bicyclic) bond motifs is 1. The van der Waals surface area contributed by atoms with E-state index >= 15 is 0 Å². The monoisotopic (exact) mass is 300 g/mol. The molecule has 0 unspecified atom stereocenters. The lowest BCUT2D eigenvalue weighted by Crippen LogP contribution is -2.25. The summed E-state index contributed by atoms with van der Waals surface area (Å²) in [6.45, 7) is 1.63. The molecule has 0 fully saturated rings. The Morgan fingerprint density at radius 3 is 2.68 bits per heavy atom. The number of carbonyl (C=O) groups is 1. The fraction of sp³-hybridized carbons (Fsp3) is 0.133. The molecule has 0 aliphatic rings. The van der Waals surface area contributed by atoms with Gasteiger partial charge in [0, 0.05) is 23.9 Å². The average Bonchev–Trinajstić information content (AvgIpc) is 2.89. The Morgan fingerprint density at radius 2 is 2.05 bits per heavy atom. The minimum Gasteiger partial charge on any atom is -0.545 e. The van der Waals surface area contributed by atoms with E-state index in [9.17, 15) is 19.1 Å². The normalized spacial score (nSPS) is 11.0. The highest BCUT2D eigenvalue weighted by Gasteiger charge is 2.14. The van der Waals surface area contributed by atoms with Gasteiger partial charge in [-0.2, -0.15) is 0 Å². The molecule has 1 N–H and O–H groups in total. The van der Waals surface area contributed by atoms with Crippen molar-refractivity contribution in [3.63, 3.8) is 0 Å². The van der Waals surface area contributed by atoms with Crippen LogP contribution < -0.4 is 10.7 Å². The maximum Gasteiger partial charge on any atom is 0.276 e. The van der Waals surface area contributed by atoms with Crippen LogP contribution in [-0.2, 0) is 6.42 Å². The summed E-state index contributed by atoms with van der Waals surface area (Å²) >= 11 is 0. The molecule has 3 aromatic rings. The molecular formula is C15H11FN3O3-. The molecule has 2 heterocycles. The lowest BCUT2D eigenvalue weighted by atomic mass is 10.1. The number of carboxylic acid groups (broad SMARTS) is 1. The molecule has 0 radical (unpaired) electrons. The Balaban J connectivity index is 2.13. The van der Waals surface area contributed by atoms with Crippen LogP contribution >= 0.6 is 0 Å². The van der Waals surface area contributed by atoms with Gasteiger partial charge >= 0.3 is 0 Å². The van der Waals surface area contributed by atoms with E-state index in [0.29, 0.717) is 11.3 Å². The molecule has 6 nitrogen and oxygen atoms in total. The molecule has 3 rings (SSSR count). The first-order valence-electron chi connectivity index (χ1n) is 6.53. The third kappa shape index (κ3) is 2.26. The van der Waals surface area contributed by atoms with Crippen LogP contribution in [0.2, 0.25) is 0 Å². The van der Waals surface area contributed by atoms with Crippen molar-refractivity contribution in [2.75, 3.05) is 0 Å². The van der Waals surface area contributed by atoms with Crippen molar-refractivity contribution in [2.24, 2.45) is 0 Å². The average molecular weight is 300 g/mol. The van der Waals surface area contributed by atoms with E-state index in [0.717, 1.165) is 10.1 Å². The zero-order valence-corrected chi connectivity index (χ0v) is 11.6. The predicted molar refractivity (Wildman–Crippen MR) is 74.1 cm³/mol. The maximum absolute atomic E-state index is 12.9. The van der Waals surface area contributed by atoms with Gasteiger partial charge in [-0.15, -0.1) is 0 Å². The van der Waals surface area contributed by atoms with Crippen LogP contribution in [0.1, 0.15) is 27.2 Å². The molecule has 0 aliphatic carbocycles. The third-order valence-electron chi connectivity index (χ3n) is 3.48. The van der Waals surface area contributed by atoms with Gasteiger partial charge in [0.2, 0.25) is 0 Å². The van der Waals surface area contributed by atoms with Crippen LogP contribution in [-0.4, -0.2) is 20.6 Å². The zero-order valence-electron chi connectivity index (χ0n) is 11.6. The van der Waals surface area contributed by atoms with Gasteiger partial charge in [0.15, 0.2) is 5.65 Å². The molecule has 0 bridgehead atoms. The number of aromatic amines is 1. The summed E-state index contributed by atoms with van der Waals surface area (Å²) < 4.78 is 14.0. The van der Waals surface area contributed by atoms with Crippen LogP contribution in [0.4, 0.5) is 4.39 Å². The molecular weight excluding hydrogens is 289 g/mol. The van der Waals surface area contributed by atoms with E-state index < -0.39 is 5.97 Å². The molecule has 7 heteroatoms. The highest BCUT2D eigenvalue weighted by Crippen LogP contribution is 2.12. The fourth-order valence-electron chi connectivity index (χ4n) is 2.32. The number of carboxylic acids is 1. The summed E-state index contributed by atoms with van der Waals surface area (Å²) in [5.74, 6) is -1.76. The van der Waals surface area contributed by atoms with Gasteiger partial charge < -0.3 is 9.90 Å².